The van der Waals surface area contributed by atoms with E-state index in [1.54, 1.807) is 0 Å². The lowest BCUT2D eigenvalue weighted by Gasteiger charge is -2.53. The Morgan fingerprint density at radius 3 is 1.23 bits per heavy atom. The van der Waals surface area contributed by atoms with Crippen LogP contribution >= 0.6 is 0 Å². The Morgan fingerprint density at radius 1 is 0.488 bits per heavy atom. The predicted octanol–water partition coefficient (Wildman–Crippen LogP) is 4.82. The predicted molar refractivity (Wildman–Crippen MR) is 163 cm³/mol. The van der Waals surface area contributed by atoms with Gasteiger partial charge in [-0.05, 0) is 22.3 Å². The standard InChI is InChI=1S/C36H40O7/c37-22-21-36(39)34(42-25-29-17-9-3-10-18-29)31(38)32(40-23-27-13-5-1-6-14-27)33(41-24-28-15-7-2-8-16-28)35(36)43-26-30-19-11-4-12-20-30/h1-20,31-35,37-39H,21-26H2/t31?,32-,33?,34?,35?,36+/m0/s1. The second-order valence-electron chi connectivity index (χ2n) is 10.9. The summed E-state index contributed by atoms with van der Waals surface area (Å²) in [7, 11) is 0. The maximum absolute atomic E-state index is 12.4. The Labute approximate surface area is 253 Å². The van der Waals surface area contributed by atoms with Crippen LogP contribution in [0.4, 0.5) is 0 Å². The molecule has 0 saturated heterocycles. The first kappa shape index (κ1) is 31.0. The van der Waals surface area contributed by atoms with E-state index in [0.717, 1.165) is 22.3 Å². The molecular formula is C36H40O7. The zero-order valence-corrected chi connectivity index (χ0v) is 24.2. The zero-order valence-electron chi connectivity index (χ0n) is 24.2. The van der Waals surface area contributed by atoms with Gasteiger partial charge >= 0.3 is 0 Å². The van der Waals surface area contributed by atoms with E-state index < -0.39 is 36.1 Å². The summed E-state index contributed by atoms with van der Waals surface area (Å²) in [5.41, 5.74) is 1.84. The van der Waals surface area contributed by atoms with Crippen molar-refractivity contribution in [2.75, 3.05) is 6.61 Å². The molecule has 1 aliphatic carbocycles. The highest BCUT2D eigenvalue weighted by molar-refractivity contribution is 5.19. The fourth-order valence-electron chi connectivity index (χ4n) is 5.66. The van der Waals surface area contributed by atoms with Gasteiger partial charge in [0.2, 0.25) is 0 Å². The molecular weight excluding hydrogens is 544 g/mol. The Hall–Kier alpha value is -3.40. The number of aliphatic hydroxyl groups excluding tert-OH is 2. The van der Waals surface area contributed by atoms with Crippen molar-refractivity contribution in [1.29, 1.82) is 0 Å². The van der Waals surface area contributed by atoms with Gasteiger partial charge in [-0.25, -0.2) is 0 Å². The van der Waals surface area contributed by atoms with Gasteiger partial charge in [-0.15, -0.1) is 0 Å². The Bertz CT molecular complexity index is 1340. The highest BCUT2D eigenvalue weighted by Gasteiger charge is 2.61. The minimum atomic E-state index is -1.80. The van der Waals surface area contributed by atoms with Gasteiger partial charge in [-0.3, -0.25) is 0 Å². The van der Waals surface area contributed by atoms with Crippen LogP contribution in [0.2, 0.25) is 0 Å². The highest BCUT2D eigenvalue weighted by Crippen LogP contribution is 2.40. The van der Waals surface area contributed by atoms with Gasteiger partial charge in [0, 0.05) is 13.0 Å². The summed E-state index contributed by atoms with van der Waals surface area (Å²) in [5, 5.41) is 34.4. The molecule has 43 heavy (non-hydrogen) atoms. The molecule has 226 valence electrons. The van der Waals surface area contributed by atoms with Crippen LogP contribution in [-0.2, 0) is 45.4 Å². The quantitative estimate of drug-likeness (QED) is 0.196. The largest absolute Gasteiger partial charge is 0.396 e. The van der Waals surface area contributed by atoms with Gasteiger partial charge in [-0.2, -0.15) is 0 Å². The molecule has 1 saturated carbocycles. The Morgan fingerprint density at radius 2 is 0.837 bits per heavy atom. The number of rotatable bonds is 14. The fourth-order valence-corrected chi connectivity index (χ4v) is 5.66. The molecule has 1 fully saturated rings. The normalized spacial score (nSPS) is 25.4. The van der Waals surface area contributed by atoms with Gasteiger partial charge in [-0.1, -0.05) is 121 Å². The molecule has 0 bridgehead atoms. The molecule has 0 radical (unpaired) electrons. The van der Waals surface area contributed by atoms with Crippen molar-refractivity contribution in [3.05, 3.63) is 144 Å². The van der Waals surface area contributed by atoms with Crippen LogP contribution in [0, 0.1) is 0 Å². The van der Waals surface area contributed by atoms with Crippen LogP contribution < -0.4 is 0 Å². The number of benzene rings is 4. The molecule has 6 atom stereocenters. The van der Waals surface area contributed by atoms with Gasteiger partial charge in [0.05, 0.1) is 26.4 Å². The van der Waals surface area contributed by atoms with Gasteiger partial charge in [0.15, 0.2) is 0 Å². The van der Waals surface area contributed by atoms with Crippen molar-refractivity contribution < 1.29 is 34.3 Å². The molecule has 4 aromatic rings. The lowest BCUT2D eigenvalue weighted by molar-refractivity contribution is -0.311. The van der Waals surface area contributed by atoms with Crippen LogP contribution in [-0.4, -0.2) is 58.0 Å². The Balaban J connectivity index is 1.50. The number of hydrogen-bond donors (Lipinski definition) is 3. The third kappa shape index (κ3) is 7.96. The lowest BCUT2D eigenvalue weighted by atomic mass is 9.72. The fraction of sp³-hybridized carbons (Fsp3) is 0.333. The summed E-state index contributed by atoms with van der Waals surface area (Å²) >= 11 is 0. The zero-order chi connectivity index (χ0) is 29.9. The molecule has 0 amide bonds. The third-order valence-electron chi connectivity index (χ3n) is 7.88. The van der Waals surface area contributed by atoms with Crippen molar-refractivity contribution in [2.24, 2.45) is 0 Å². The smallest absolute Gasteiger partial charge is 0.124 e. The van der Waals surface area contributed by atoms with Crippen LogP contribution in [0.3, 0.4) is 0 Å². The van der Waals surface area contributed by atoms with Crippen molar-refractivity contribution in [2.45, 2.75) is 69.0 Å². The van der Waals surface area contributed by atoms with Gasteiger partial charge in [0.25, 0.3) is 0 Å². The molecule has 3 N–H and O–H groups in total. The minimum Gasteiger partial charge on any atom is -0.396 e. The number of ether oxygens (including phenoxy) is 4. The molecule has 0 heterocycles. The lowest BCUT2D eigenvalue weighted by Crippen LogP contribution is -2.73. The first-order valence-electron chi connectivity index (χ1n) is 14.7. The third-order valence-corrected chi connectivity index (χ3v) is 7.88. The van der Waals surface area contributed by atoms with E-state index in [4.69, 9.17) is 18.9 Å². The van der Waals surface area contributed by atoms with Crippen LogP contribution in [0.25, 0.3) is 0 Å². The average molecular weight is 585 g/mol. The monoisotopic (exact) mass is 584 g/mol. The molecule has 0 aromatic heterocycles. The number of hydrogen-bond acceptors (Lipinski definition) is 7. The summed E-state index contributed by atoms with van der Waals surface area (Å²) in [4.78, 5) is 0. The second-order valence-corrected chi connectivity index (χ2v) is 10.9. The van der Waals surface area contributed by atoms with E-state index in [0.29, 0.717) is 0 Å². The minimum absolute atomic E-state index is 0.0976. The molecule has 0 aliphatic heterocycles. The van der Waals surface area contributed by atoms with Crippen LogP contribution in [0.1, 0.15) is 28.7 Å². The summed E-state index contributed by atoms with van der Waals surface area (Å²) in [6.07, 6.45) is -5.34. The van der Waals surface area contributed by atoms with E-state index in [1.807, 2.05) is 121 Å². The maximum Gasteiger partial charge on any atom is 0.124 e. The molecule has 4 aromatic carbocycles. The first-order chi connectivity index (χ1) is 21.1. The van der Waals surface area contributed by atoms with E-state index >= 15 is 0 Å². The molecule has 4 unspecified atom stereocenters. The summed E-state index contributed by atoms with van der Waals surface area (Å²) in [6, 6.07) is 38.6. The maximum atomic E-state index is 12.4. The first-order valence-corrected chi connectivity index (χ1v) is 14.7. The molecule has 5 rings (SSSR count). The van der Waals surface area contributed by atoms with Gasteiger partial charge < -0.3 is 34.3 Å². The van der Waals surface area contributed by atoms with Crippen molar-refractivity contribution in [3.63, 3.8) is 0 Å². The van der Waals surface area contributed by atoms with Crippen LogP contribution in [0.15, 0.2) is 121 Å². The highest BCUT2D eigenvalue weighted by atomic mass is 16.6. The van der Waals surface area contributed by atoms with E-state index in [1.165, 1.54) is 0 Å². The topological polar surface area (TPSA) is 97.6 Å². The van der Waals surface area contributed by atoms with Crippen molar-refractivity contribution >= 4 is 0 Å². The van der Waals surface area contributed by atoms with E-state index in [-0.39, 0.29) is 39.5 Å². The average Bonchev–Trinajstić information content (AvgIpc) is 3.05. The van der Waals surface area contributed by atoms with E-state index in [2.05, 4.69) is 0 Å². The summed E-state index contributed by atoms with van der Waals surface area (Å²) in [6.45, 7) is 0.392. The molecule has 0 spiro atoms. The molecule has 7 heteroatoms. The summed E-state index contributed by atoms with van der Waals surface area (Å²) in [5.74, 6) is 0. The van der Waals surface area contributed by atoms with Crippen LogP contribution in [0.5, 0.6) is 0 Å². The summed E-state index contributed by atoms with van der Waals surface area (Å²) < 4.78 is 25.7. The Kier molecular flexibility index (Phi) is 11.1. The van der Waals surface area contributed by atoms with Crippen molar-refractivity contribution in [3.8, 4) is 0 Å². The SMILES string of the molecule is OCC[C@@]1(O)C(OCc2ccccc2)C(O)[C@H](OCc2ccccc2)C(OCc2ccccc2)C1OCc1ccccc1. The number of aliphatic hydroxyl groups is 3. The molecule has 7 nitrogen and oxygen atoms in total. The van der Waals surface area contributed by atoms with E-state index in [9.17, 15) is 15.3 Å². The van der Waals surface area contributed by atoms with Crippen molar-refractivity contribution in [1.82, 2.24) is 0 Å². The van der Waals surface area contributed by atoms with Gasteiger partial charge in [0.1, 0.15) is 36.1 Å². The molecule has 1 aliphatic rings. The second kappa shape index (κ2) is 15.4.